The van der Waals surface area contributed by atoms with Crippen LogP contribution in [0.3, 0.4) is 0 Å². The fourth-order valence-electron chi connectivity index (χ4n) is 3.88. The van der Waals surface area contributed by atoms with Crippen LogP contribution < -0.4 is 5.73 Å². The number of hydrogen-bond donors (Lipinski definition) is 1. The Morgan fingerprint density at radius 3 is 2.28 bits per heavy atom. The molecular weight excluding hydrogens is 450 g/mol. The van der Waals surface area contributed by atoms with Crippen LogP contribution in [-0.2, 0) is 11.2 Å². The summed E-state index contributed by atoms with van der Waals surface area (Å²) < 4.78 is 0. The van der Waals surface area contributed by atoms with E-state index in [2.05, 4.69) is 35.2 Å². The van der Waals surface area contributed by atoms with E-state index >= 15 is 0 Å². The molecule has 1 saturated heterocycles. The average Bonchev–Trinajstić information content (AvgIpc) is 2.66. The van der Waals surface area contributed by atoms with Gasteiger partial charge in [-0.2, -0.15) is 0 Å². The zero-order valence-corrected chi connectivity index (χ0v) is 19.4. The second-order valence-electron chi connectivity index (χ2n) is 7.39. The predicted octanol–water partition coefficient (Wildman–Crippen LogP) is 5.75. The van der Waals surface area contributed by atoms with Gasteiger partial charge in [0.2, 0.25) is 5.91 Å². The fourth-order valence-corrected chi connectivity index (χ4v) is 4.18. The first kappa shape index (κ1) is 26.1. The molecule has 1 aliphatic heterocycles. The number of piperidine rings is 1. The van der Waals surface area contributed by atoms with E-state index in [-0.39, 0.29) is 36.6 Å². The van der Waals surface area contributed by atoms with Crippen molar-refractivity contribution in [1.82, 2.24) is 4.90 Å². The molecule has 160 valence electrons. The minimum absolute atomic E-state index is 0. The van der Waals surface area contributed by atoms with Gasteiger partial charge in [0.1, 0.15) is 0 Å². The summed E-state index contributed by atoms with van der Waals surface area (Å²) in [6.45, 7) is 3.01. The lowest BCUT2D eigenvalue weighted by Crippen LogP contribution is -2.36. The number of halogens is 4. The van der Waals surface area contributed by atoms with Crippen LogP contribution >= 0.6 is 48.0 Å². The molecule has 0 bridgehead atoms. The molecule has 29 heavy (non-hydrogen) atoms. The van der Waals surface area contributed by atoms with Gasteiger partial charge in [-0.25, -0.2) is 0 Å². The van der Waals surface area contributed by atoms with E-state index in [0.29, 0.717) is 16.5 Å². The van der Waals surface area contributed by atoms with Gasteiger partial charge < -0.3 is 10.6 Å². The van der Waals surface area contributed by atoms with E-state index in [4.69, 9.17) is 28.9 Å². The largest absolute Gasteiger partial charge is 0.369 e. The summed E-state index contributed by atoms with van der Waals surface area (Å²) in [4.78, 5) is 14.4. The molecule has 0 radical (unpaired) electrons. The van der Waals surface area contributed by atoms with Crippen molar-refractivity contribution >= 4 is 53.9 Å². The quantitative estimate of drug-likeness (QED) is 0.551. The number of carbonyl (C=O) groups is 1. The molecule has 2 aromatic carbocycles. The van der Waals surface area contributed by atoms with Gasteiger partial charge in [0.25, 0.3) is 0 Å². The minimum atomic E-state index is -0.332. The second-order valence-corrected chi connectivity index (χ2v) is 8.21. The highest BCUT2D eigenvalue weighted by Gasteiger charge is 2.23. The number of nitrogens with two attached hydrogens (primary N) is 1. The lowest BCUT2D eigenvalue weighted by Gasteiger charge is -2.32. The molecule has 1 fully saturated rings. The Balaban J connectivity index is 0.00000210. The molecule has 0 saturated carbocycles. The van der Waals surface area contributed by atoms with E-state index in [9.17, 15) is 4.79 Å². The average molecular weight is 478 g/mol. The third-order valence-electron chi connectivity index (χ3n) is 5.50. The van der Waals surface area contributed by atoms with Gasteiger partial charge in [0.15, 0.2) is 0 Å². The van der Waals surface area contributed by atoms with E-state index in [0.717, 1.165) is 37.5 Å². The topological polar surface area (TPSA) is 46.3 Å². The summed E-state index contributed by atoms with van der Waals surface area (Å²) in [5.41, 5.74) is 7.91. The molecule has 1 atom stereocenters. The fraction of sp³-hybridized carbons (Fsp3) is 0.409. The van der Waals surface area contributed by atoms with Crippen molar-refractivity contribution in [3.63, 3.8) is 0 Å². The molecule has 2 aromatic rings. The highest BCUT2D eigenvalue weighted by Crippen LogP contribution is 2.29. The van der Waals surface area contributed by atoms with Crippen molar-refractivity contribution in [3.8, 4) is 0 Å². The molecule has 2 N–H and O–H groups in total. The Labute approximate surface area is 195 Å². The Morgan fingerprint density at radius 1 is 1.03 bits per heavy atom. The summed E-state index contributed by atoms with van der Waals surface area (Å²) in [5, 5.41) is 0.950. The maximum atomic E-state index is 12.0. The van der Waals surface area contributed by atoms with Crippen molar-refractivity contribution < 1.29 is 4.79 Å². The summed E-state index contributed by atoms with van der Waals surface area (Å²) >= 11 is 12.1. The predicted molar refractivity (Wildman–Crippen MR) is 127 cm³/mol. The maximum absolute atomic E-state index is 12.0. The lowest BCUT2D eigenvalue weighted by atomic mass is 9.89. The highest BCUT2D eigenvalue weighted by molar-refractivity contribution is 6.42. The Kier molecular flexibility index (Phi) is 11.4. The highest BCUT2D eigenvalue weighted by atomic mass is 35.5. The monoisotopic (exact) mass is 476 g/mol. The van der Waals surface area contributed by atoms with Crippen LogP contribution in [0.5, 0.6) is 0 Å². The Hall–Kier alpha value is -0.970. The van der Waals surface area contributed by atoms with Crippen molar-refractivity contribution in [2.75, 3.05) is 19.6 Å². The van der Waals surface area contributed by atoms with E-state index in [1.807, 2.05) is 6.07 Å². The van der Waals surface area contributed by atoms with Gasteiger partial charge in [-0.15, -0.1) is 24.8 Å². The molecule has 1 heterocycles. The summed E-state index contributed by atoms with van der Waals surface area (Å²) in [5.74, 6) is 0.0971. The van der Waals surface area contributed by atoms with Crippen LogP contribution in [0.4, 0.5) is 0 Å². The van der Waals surface area contributed by atoms with Gasteiger partial charge in [-0.05, 0) is 74.5 Å². The zero-order valence-electron chi connectivity index (χ0n) is 16.2. The van der Waals surface area contributed by atoms with Gasteiger partial charge in [-0.1, -0.05) is 59.6 Å². The molecule has 3 nitrogen and oxygen atoms in total. The van der Waals surface area contributed by atoms with Crippen molar-refractivity contribution in [1.29, 1.82) is 0 Å². The summed E-state index contributed by atoms with van der Waals surface area (Å²) in [7, 11) is 0. The number of hydrogen-bond acceptors (Lipinski definition) is 2. The second kappa shape index (κ2) is 12.7. The number of likely N-dealkylation sites (tertiary alicyclic amines) is 1. The van der Waals surface area contributed by atoms with Crippen LogP contribution in [0.25, 0.3) is 0 Å². The van der Waals surface area contributed by atoms with E-state index in [1.165, 1.54) is 18.4 Å². The first-order valence-corrected chi connectivity index (χ1v) is 10.3. The Morgan fingerprint density at radius 2 is 1.69 bits per heavy atom. The van der Waals surface area contributed by atoms with Crippen LogP contribution in [0.1, 0.15) is 36.3 Å². The van der Waals surface area contributed by atoms with Crippen LogP contribution in [0.15, 0.2) is 48.5 Å². The third kappa shape index (κ3) is 7.66. The number of benzene rings is 2. The molecule has 0 aromatic heterocycles. The summed E-state index contributed by atoms with van der Waals surface area (Å²) in [6.07, 6.45) is 4.25. The number of primary amides is 1. The van der Waals surface area contributed by atoms with Gasteiger partial charge in [-0.3, -0.25) is 4.79 Å². The molecule has 1 amide bonds. The number of amides is 1. The van der Waals surface area contributed by atoms with Crippen molar-refractivity contribution in [3.05, 3.63) is 69.7 Å². The molecule has 0 spiro atoms. The first-order chi connectivity index (χ1) is 13.0. The van der Waals surface area contributed by atoms with E-state index < -0.39 is 0 Å². The number of nitrogens with zero attached hydrogens (tertiary/aromatic N) is 1. The van der Waals surface area contributed by atoms with Gasteiger partial charge in [0, 0.05) is 0 Å². The molecular formula is C22H28Cl4N2O. The summed E-state index contributed by atoms with van der Waals surface area (Å²) in [6, 6.07) is 16.0. The van der Waals surface area contributed by atoms with Crippen molar-refractivity contribution in [2.45, 2.75) is 31.6 Å². The van der Waals surface area contributed by atoms with E-state index in [1.54, 1.807) is 12.1 Å². The van der Waals surface area contributed by atoms with Gasteiger partial charge in [0.05, 0.1) is 16.0 Å². The molecule has 1 unspecified atom stereocenters. The van der Waals surface area contributed by atoms with Crippen LogP contribution in [0.2, 0.25) is 10.0 Å². The Bertz CT molecular complexity index is 765. The maximum Gasteiger partial charge on any atom is 0.225 e. The van der Waals surface area contributed by atoms with Crippen molar-refractivity contribution in [2.24, 2.45) is 11.7 Å². The lowest BCUT2D eigenvalue weighted by molar-refractivity contribution is -0.119. The first-order valence-electron chi connectivity index (χ1n) is 9.53. The molecule has 0 aliphatic carbocycles. The zero-order chi connectivity index (χ0) is 19.2. The van der Waals surface area contributed by atoms with Gasteiger partial charge >= 0.3 is 0 Å². The molecule has 1 aliphatic rings. The SMILES string of the molecule is Cl.Cl.NC(=O)C(CCN1CCC(Cc2ccccc2)CC1)c1ccc(Cl)c(Cl)c1. The van der Waals surface area contributed by atoms with Crippen LogP contribution in [-0.4, -0.2) is 30.4 Å². The smallest absolute Gasteiger partial charge is 0.225 e. The van der Waals surface area contributed by atoms with Crippen LogP contribution in [0, 0.1) is 5.92 Å². The number of carbonyl (C=O) groups excluding carboxylic acids is 1. The standard InChI is InChI=1S/C22H26Cl2N2O.2ClH/c23-20-7-6-18(15-21(20)24)19(22(25)27)10-13-26-11-8-17(9-12-26)14-16-4-2-1-3-5-16;;/h1-7,15,17,19H,8-14H2,(H2,25,27);2*1H. The minimum Gasteiger partial charge on any atom is -0.369 e. The number of rotatable bonds is 7. The molecule has 7 heteroatoms. The normalized spacial score (nSPS) is 15.8. The molecule has 3 rings (SSSR count). The third-order valence-corrected chi connectivity index (χ3v) is 6.24.